The van der Waals surface area contributed by atoms with Crippen molar-refractivity contribution in [3.8, 4) is 11.3 Å². The number of hydrogen-bond donors (Lipinski definition) is 2. The summed E-state index contributed by atoms with van der Waals surface area (Å²) in [4.78, 5) is 11.3. The molecule has 3 aromatic rings. The number of carbonyl (C=O) groups is 1. The zero-order valence-corrected chi connectivity index (χ0v) is 10.3. The van der Waals surface area contributed by atoms with E-state index in [1.165, 1.54) is 0 Å². The molecule has 0 aliphatic rings. The summed E-state index contributed by atoms with van der Waals surface area (Å²) in [6, 6.07) is 12.9. The lowest BCUT2D eigenvalue weighted by Gasteiger charge is -2.04. The lowest BCUT2D eigenvalue weighted by molar-refractivity contribution is 0.0699. The predicted molar refractivity (Wildman–Crippen MR) is 73.2 cm³/mol. The number of nitrogens with zero attached hydrogens (tertiary/aromatic N) is 1. The van der Waals surface area contributed by atoms with Gasteiger partial charge in [-0.3, -0.25) is 5.10 Å². The molecule has 0 saturated heterocycles. The number of aromatic carboxylic acids is 1. The van der Waals surface area contributed by atoms with Gasteiger partial charge in [0.25, 0.3) is 0 Å². The van der Waals surface area contributed by atoms with E-state index >= 15 is 0 Å². The summed E-state index contributed by atoms with van der Waals surface area (Å²) in [5, 5.41) is 17.1. The van der Waals surface area contributed by atoms with Gasteiger partial charge in [-0.1, -0.05) is 30.3 Å². The van der Waals surface area contributed by atoms with Gasteiger partial charge in [-0.25, -0.2) is 4.79 Å². The minimum absolute atomic E-state index is 0.268. The third kappa shape index (κ3) is 1.78. The number of benzene rings is 2. The van der Waals surface area contributed by atoms with Crippen LogP contribution in [0, 0.1) is 6.92 Å². The Morgan fingerprint density at radius 3 is 2.68 bits per heavy atom. The highest BCUT2D eigenvalue weighted by molar-refractivity contribution is 6.08. The monoisotopic (exact) mass is 252 g/mol. The molecule has 0 aliphatic heterocycles. The molecule has 0 atom stereocenters. The Morgan fingerprint density at radius 1 is 1.16 bits per heavy atom. The highest BCUT2D eigenvalue weighted by atomic mass is 16.4. The van der Waals surface area contributed by atoms with Gasteiger partial charge in [0.15, 0.2) is 0 Å². The van der Waals surface area contributed by atoms with Crippen molar-refractivity contribution in [2.45, 2.75) is 6.92 Å². The number of carboxylic acids is 1. The van der Waals surface area contributed by atoms with Crippen LogP contribution in [0.3, 0.4) is 0 Å². The second-order valence-electron chi connectivity index (χ2n) is 4.42. The van der Waals surface area contributed by atoms with E-state index in [9.17, 15) is 9.90 Å². The molecule has 0 unspecified atom stereocenters. The van der Waals surface area contributed by atoms with Crippen LogP contribution in [0.2, 0.25) is 0 Å². The van der Waals surface area contributed by atoms with E-state index in [0.717, 1.165) is 16.6 Å². The SMILES string of the molecule is Cc1ccccc1-c1n[nH]c2cccc(C(=O)O)c12. The van der Waals surface area contributed by atoms with Gasteiger partial charge in [-0.2, -0.15) is 5.10 Å². The highest BCUT2D eigenvalue weighted by Crippen LogP contribution is 2.30. The van der Waals surface area contributed by atoms with E-state index in [-0.39, 0.29) is 5.56 Å². The summed E-state index contributed by atoms with van der Waals surface area (Å²) in [6.45, 7) is 1.99. The molecule has 0 fully saturated rings. The summed E-state index contributed by atoms with van der Waals surface area (Å²) < 4.78 is 0. The molecule has 0 amide bonds. The van der Waals surface area contributed by atoms with Crippen molar-refractivity contribution >= 4 is 16.9 Å². The molecular weight excluding hydrogens is 240 g/mol. The molecule has 2 N–H and O–H groups in total. The van der Waals surface area contributed by atoms with Gasteiger partial charge in [-0.05, 0) is 24.6 Å². The van der Waals surface area contributed by atoms with Crippen LogP contribution in [-0.2, 0) is 0 Å². The number of H-pyrrole nitrogens is 1. The molecule has 4 nitrogen and oxygen atoms in total. The summed E-state index contributed by atoms with van der Waals surface area (Å²) >= 11 is 0. The maximum Gasteiger partial charge on any atom is 0.336 e. The van der Waals surface area contributed by atoms with Crippen molar-refractivity contribution in [3.05, 3.63) is 53.6 Å². The number of rotatable bonds is 2. The van der Waals surface area contributed by atoms with Crippen LogP contribution in [0.4, 0.5) is 0 Å². The van der Waals surface area contributed by atoms with Crippen molar-refractivity contribution in [2.75, 3.05) is 0 Å². The third-order valence-corrected chi connectivity index (χ3v) is 3.22. The Hall–Kier alpha value is -2.62. The highest BCUT2D eigenvalue weighted by Gasteiger charge is 2.16. The van der Waals surface area contributed by atoms with Gasteiger partial charge in [0, 0.05) is 10.9 Å². The average Bonchev–Trinajstić information content (AvgIpc) is 2.82. The Balaban J connectivity index is 2.37. The summed E-state index contributed by atoms with van der Waals surface area (Å²) in [5.74, 6) is -0.943. The van der Waals surface area contributed by atoms with Crippen LogP contribution in [0.5, 0.6) is 0 Å². The maximum absolute atomic E-state index is 11.3. The van der Waals surface area contributed by atoms with Gasteiger partial charge < -0.3 is 5.11 Å². The fourth-order valence-electron chi connectivity index (χ4n) is 2.28. The molecule has 19 heavy (non-hydrogen) atoms. The Kier molecular flexibility index (Phi) is 2.56. The molecule has 0 radical (unpaired) electrons. The molecule has 0 bridgehead atoms. The number of hydrogen-bond acceptors (Lipinski definition) is 2. The zero-order valence-electron chi connectivity index (χ0n) is 10.3. The van der Waals surface area contributed by atoms with Gasteiger partial charge in [0.05, 0.1) is 11.1 Å². The molecule has 0 aliphatic carbocycles. The number of aryl methyl sites for hydroxylation is 1. The van der Waals surface area contributed by atoms with E-state index in [1.54, 1.807) is 12.1 Å². The first-order valence-electron chi connectivity index (χ1n) is 5.95. The van der Waals surface area contributed by atoms with E-state index in [2.05, 4.69) is 10.2 Å². The number of aromatic nitrogens is 2. The molecule has 0 saturated carbocycles. The molecule has 3 rings (SSSR count). The zero-order chi connectivity index (χ0) is 13.4. The number of aromatic amines is 1. The number of carboxylic acid groups (broad SMARTS) is 1. The average molecular weight is 252 g/mol. The van der Waals surface area contributed by atoms with Crippen LogP contribution in [0.15, 0.2) is 42.5 Å². The van der Waals surface area contributed by atoms with Crippen molar-refractivity contribution in [3.63, 3.8) is 0 Å². The minimum Gasteiger partial charge on any atom is -0.478 e. The van der Waals surface area contributed by atoms with Crippen molar-refractivity contribution < 1.29 is 9.90 Å². The summed E-state index contributed by atoms with van der Waals surface area (Å²) in [7, 11) is 0. The second kappa shape index (κ2) is 4.24. The smallest absolute Gasteiger partial charge is 0.336 e. The standard InChI is InChI=1S/C15H12N2O2/c1-9-5-2-3-6-10(9)14-13-11(15(18)19)7-4-8-12(13)16-17-14/h2-8H,1H3,(H,16,17)(H,18,19). The van der Waals surface area contributed by atoms with Crippen molar-refractivity contribution in [2.24, 2.45) is 0 Å². The fourth-order valence-corrected chi connectivity index (χ4v) is 2.28. The third-order valence-electron chi connectivity index (χ3n) is 3.22. The summed E-state index contributed by atoms with van der Waals surface area (Å²) in [6.07, 6.45) is 0. The first kappa shape index (κ1) is 11.5. The van der Waals surface area contributed by atoms with Crippen LogP contribution < -0.4 is 0 Å². The number of fused-ring (bicyclic) bond motifs is 1. The normalized spacial score (nSPS) is 10.8. The molecule has 2 aromatic carbocycles. The lowest BCUT2D eigenvalue weighted by atomic mass is 10.00. The topological polar surface area (TPSA) is 66.0 Å². The fraction of sp³-hybridized carbons (Fsp3) is 0.0667. The largest absolute Gasteiger partial charge is 0.478 e. The summed E-state index contributed by atoms with van der Waals surface area (Å²) in [5.41, 5.74) is 3.70. The van der Waals surface area contributed by atoms with E-state index in [0.29, 0.717) is 11.1 Å². The van der Waals surface area contributed by atoms with Crippen molar-refractivity contribution in [1.82, 2.24) is 10.2 Å². The quantitative estimate of drug-likeness (QED) is 0.735. The Bertz CT molecular complexity index is 775. The van der Waals surface area contributed by atoms with Gasteiger partial charge in [-0.15, -0.1) is 0 Å². The lowest BCUT2D eigenvalue weighted by Crippen LogP contribution is -1.97. The molecule has 94 valence electrons. The minimum atomic E-state index is -0.943. The van der Waals surface area contributed by atoms with Crippen LogP contribution >= 0.6 is 0 Å². The van der Waals surface area contributed by atoms with Gasteiger partial charge in [0.2, 0.25) is 0 Å². The van der Waals surface area contributed by atoms with Crippen LogP contribution in [0.1, 0.15) is 15.9 Å². The molecule has 1 heterocycles. The van der Waals surface area contributed by atoms with Crippen molar-refractivity contribution in [1.29, 1.82) is 0 Å². The maximum atomic E-state index is 11.3. The predicted octanol–water partition coefficient (Wildman–Crippen LogP) is 3.24. The molecule has 1 aromatic heterocycles. The van der Waals surface area contributed by atoms with Crippen LogP contribution in [0.25, 0.3) is 22.2 Å². The first-order valence-corrected chi connectivity index (χ1v) is 5.95. The molecule has 0 spiro atoms. The van der Waals surface area contributed by atoms with E-state index < -0.39 is 5.97 Å². The molecular formula is C15H12N2O2. The first-order chi connectivity index (χ1) is 9.18. The van der Waals surface area contributed by atoms with Gasteiger partial charge in [0.1, 0.15) is 5.69 Å². The van der Waals surface area contributed by atoms with E-state index in [1.807, 2.05) is 37.3 Å². The molecule has 4 heteroatoms. The Morgan fingerprint density at radius 2 is 1.95 bits per heavy atom. The number of nitrogens with one attached hydrogen (secondary N) is 1. The van der Waals surface area contributed by atoms with Gasteiger partial charge >= 0.3 is 5.97 Å². The van der Waals surface area contributed by atoms with Crippen LogP contribution in [-0.4, -0.2) is 21.3 Å². The second-order valence-corrected chi connectivity index (χ2v) is 4.42. The van der Waals surface area contributed by atoms with E-state index in [4.69, 9.17) is 0 Å². The Labute approximate surface area is 109 Å².